The Kier molecular flexibility index (Phi) is 4.90. The monoisotopic (exact) mass is 349 g/mol. The summed E-state index contributed by atoms with van der Waals surface area (Å²) >= 11 is 0. The molecule has 0 amide bonds. The quantitative estimate of drug-likeness (QED) is 0.661. The van der Waals surface area contributed by atoms with Gasteiger partial charge in [-0.1, -0.05) is 36.4 Å². The summed E-state index contributed by atoms with van der Waals surface area (Å²) in [7, 11) is 2.91. The average Bonchev–Trinajstić information content (AvgIpc) is 3.04. The molecule has 0 aliphatic rings. The van der Waals surface area contributed by atoms with Crippen molar-refractivity contribution in [1.82, 2.24) is 9.55 Å². The van der Waals surface area contributed by atoms with Gasteiger partial charge >= 0.3 is 5.97 Å². The van der Waals surface area contributed by atoms with E-state index in [1.807, 2.05) is 30.3 Å². The Bertz CT molecular complexity index is 987. The second kappa shape index (κ2) is 7.28. The van der Waals surface area contributed by atoms with E-state index in [-0.39, 0.29) is 5.97 Å². The van der Waals surface area contributed by atoms with Crippen LogP contribution in [0.5, 0.6) is 5.75 Å². The summed E-state index contributed by atoms with van der Waals surface area (Å²) < 4.78 is 11.7. The van der Waals surface area contributed by atoms with Crippen LogP contribution in [0.3, 0.4) is 0 Å². The molecule has 132 valence electrons. The normalized spacial score (nSPS) is 11.8. The summed E-state index contributed by atoms with van der Waals surface area (Å²) in [6, 6.07) is 13.3. The van der Waals surface area contributed by atoms with Crippen LogP contribution in [-0.2, 0) is 16.0 Å². The van der Waals surface area contributed by atoms with Gasteiger partial charge in [0.15, 0.2) is 6.19 Å². The SMILES string of the molecule is COC(=O)C(C)c1ccc(OC)c2nc(Cc3ccccc3)n(C#N)c12. The Labute approximate surface area is 151 Å². The molecule has 2 aromatic carbocycles. The Morgan fingerprint density at radius 2 is 1.96 bits per heavy atom. The number of carbonyl (C=O) groups is 1. The van der Waals surface area contributed by atoms with Gasteiger partial charge in [0.1, 0.15) is 17.1 Å². The van der Waals surface area contributed by atoms with Gasteiger partial charge in [0.25, 0.3) is 0 Å². The highest BCUT2D eigenvalue weighted by Crippen LogP contribution is 2.33. The molecular formula is C20H19N3O3. The van der Waals surface area contributed by atoms with Crippen molar-refractivity contribution in [2.24, 2.45) is 0 Å². The number of methoxy groups -OCH3 is 2. The summed E-state index contributed by atoms with van der Waals surface area (Å²) in [5.74, 6) is 0.259. The summed E-state index contributed by atoms with van der Waals surface area (Å²) in [6.07, 6.45) is 2.69. The van der Waals surface area contributed by atoms with Gasteiger partial charge in [-0.15, -0.1) is 0 Å². The highest BCUT2D eigenvalue weighted by Gasteiger charge is 2.24. The number of nitrogens with zero attached hydrogens (tertiary/aromatic N) is 3. The van der Waals surface area contributed by atoms with Gasteiger partial charge in [0.05, 0.1) is 25.7 Å². The second-order valence-corrected chi connectivity index (χ2v) is 5.92. The Morgan fingerprint density at radius 1 is 1.23 bits per heavy atom. The maximum Gasteiger partial charge on any atom is 0.312 e. The van der Waals surface area contributed by atoms with Crippen LogP contribution in [0.25, 0.3) is 11.0 Å². The van der Waals surface area contributed by atoms with E-state index in [4.69, 9.17) is 9.47 Å². The van der Waals surface area contributed by atoms with Crippen LogP contribution >= 0.6 is 0 Å². The van der Waals surface area contributed by atoms with Gasteiger partial charge in [0, 0.05) is 6.42 Å². The number of carbonyl (C=O) groups excluding carboxylic acids is 1. The van der Waals surface area contributed by atoms with Crippen LogP contribution in [0.4, 0.5) is 0 Å². The highest BCUT2D eigenvalue weighted by atomic mass is 16.5. The number of benzene rings is 2. The molecule has 1 atom stereocenters. The Balaban J connectivity index is 2.22. The Hall–Kier alpha value is -3.33. The van der Waals surface area contributed by atoms with Crippen molar-refractivity contribution in [3.63, 3.8) is 0 Å². The molecule has 0 fully saturated rings. The van der Waals surface area contributed by atoms with E-state index in [0.717, 1.165) is 5.56 Å². The molecule has 1 unspecified atom stereocenters. The summed E-state index contributed by atoms with van der Waals surface area (Å²) in [6.45, 7) is 1.75. The standard InChI is InChI=1S/C20H19N3O3/c1-13(20(24)26-3)15-9-10-16(25-2)18-19(15)23(12-21)17(22-18)11-14-7-5-4-6-8-14/h4-10,13H,11H2,1-3H3. The molecule has 0 saturated heterocycles. The third-order valence-corrected chi connectivity index (χ3v) is 4.41. The largest absolute Gasteiger partial charge is 0.494 e. The van der Waals surface area contributed by atoms with Gasteiger partial charge in [-0.25, -0.2) is 9.55 Å². The van der Waals surface area contributed by atoms with E-state index in [9.17, 15) is 10.1 Å². The zero-order chi connectivity index (χ0) is 18.7. The predicted molar refractivity (Wildman–Crippen MR) is 97.0 cm³/mol. The van der Waals surface area contributed by atoms with Crippen LogP contribution in [0.1, 0.15) is 29.8 Å². The lowest BCUT2D eigenvalue weighted by atomic mass is 9.99. The number of fused-ring (bicyclic) bond motifs is 1. The minimum atomic E-state index is -0.526. The second-order valence-electron chi connectivity index (χ2n) is 5.92. The first kappa shape index (κ1) is 17.5. The van der Waals surface area contributed by atoms with Crippen molar-refractivity contribution in [3.05, 3.63) is 59.4 Å². The fourth-order valence-corrected chi connectivity index (χ4v) is 3.05. The molecule has 0 radical (unpaired) electrons. The van der Waals surface area contributed by atoms with E-state index in [1.54, 1.807) is 26.2 Å². The maximum absolute atomic E-state index is 12.0. The number of imidazole rings is 1. The summed E-state index contributed by atoms with van der Waals surface area (Å²) in [4.78, 5) is 16.7. The van der Waals surface area contributed by atoms with Crippen molar-refractivity contribution in [2.75, 3.05) is 14.2 Å². The molecule has 3 aromatic rings. The van der Waals surface area contributed by atoms with Crippen molar-refractivity contribution >= 4 is 17.0 Å². The molecule has 0 saturated carbocycles. The molecule has 1 aromatic heterocycles. The fourth-order valence-electron chi connectivity index (χ4n) is 3.05. The van der Waals surface area contributed by atoms with E-state index >= 15 is 0 Å². The highest BCUT2D eigenvalue weighted by molar-refractivity contribution is 5.91. The third-order valence-electron chi connectivity index (χ3n) is 4.41. The first-order valence-corrected chi connectivity index (χ1v) is 8.20. The molecule has 0 aliphatic carbocycles. The number of aromatic nitrogens is 2. The van der Waals surface area contributed by atoms with Gasteiger partial charge < -0.3 is 9.47 Å². The van der Waals surface area contributed by atoms with E-state index in [2.05, 4.69) is 11.2 Å². The first-order valence-electron chi connectivity index (χ1n) is 8.20. The maximum atomic E-state index is 12.0. The van der Waals surface area contributed by atoms with E-state index < -0.39 is 5.92 Å². The van der Waals surface area contributed by atoms with Crippen LogP contribution < -0.4 is 4.74 Å². The predicted octanol–water partition coefficient (Wildman–Crippen LogP) is 3.24. The molecule has 0 N–H and O–H groups in total. The van der Waals surface area contributed by atoms with E-state index in [1.165, 1.54) is 11.7 Å². The smallest absolute Gasteiger partial charge is 0.312 e. The summed E-state index contributed by atoms with van der Waals surface area (Å²) in [5.41, 5.74) is 2.87. The molecular weight excluding hydrogens is 330 g/mol. The molecule has 0 spiro atoms. The first-order chi connectivity index (χ1) is 12.6. The van der Waals surface area contributed by atoms with Crippen molar-refractivity contribution < 1.29 is 14.3 Å². The lowest BCUT2D eigenvalue weighted by Gasteiger charge is -2.12. The number of hydrogen-bond acceptors (Lipinski definition) is 5. The van der Waals surface area contributed by atoms with Gasteiger partial charge in [-0.3, -0.25) is 4.79 Å². The van der Waals surface area contributed by atoms with Crippen molar-refractivity contribution in [1.29, 1.82) is 5.26 Å². The lowest BCUT2D eigenvalue weighted by molar-refractivity contribution is -0.141. The lowest BCUT2D eigenvalue weighted by Crippen LogP contribution is -2.12. The van der Waals surface area contributed by atoms with Crippen molar-refractivity contribution in [3.8, 4) is 11.9 Å². The van der Waals surface area contributed by atoms with Crippen molar-refractivity contribution in [2.45, 2.75) is 19.3 Å². The van der Waals surface area contributed by atoms with Crippen LogP contribution in [-0.4, -0.2) is 29.7 Å². The zero-order valence-electron chi connectivity index (χ0n) is 14.9. The van der Waals surface area contributed by atoms with E-state index in [0.29, 0.717) is 34.6 Å². The number of rotatable bonds is 5. The number of ether oxygens (including phenoxy) is 2. The molecule has 6 heteroatoms. The minimum Gasteiger partial charge on any atom is -0.494 e. The van der Waals surface area contributed by atoms with Crippen LogP contribution in [0, 0.1) is 11.5 Å². The molecule has 0 aliphatic heterocycles. The Morgan fingerprint density at radius 3 is 2.58 bits per heavy atom. The number of hydrogen-bond donors (Lipinski definition) is 0. The molecule has 6 nitrogen and oxygen atoms in total. The third kappa shape index (κ3) is 3.00. The topological polar surface area (TPSA) is 77.1 Å². The van der Waals surface area contributed by atoms with Crippen LogP contribution in [0.15, 0.2) is 42.5 Å². The zero-order valence-corrected chi connectivity index (χ0v) is 14.9. The fraction of sp³-hybridized carbons (Fsp3) is 0.250. The van der Waals surface area contributed by atoms with Gasteiger partial charge in [-0.05, 0) is 24.1 Å². The molecule has 26 heavy (non-hydrogen) atoms. The summed E-state index contributed by atoms with van der Waals surface area (Å²) in [5, 5.41) is 9.76. The molecule has 3 rings (SSSR count). The van der Waals surface area contributed by atoms with Gasteiger partial charge in [0.2, 0.25) is 0 Å². The molecule has 1 heterocycles. The number of nitriles is 1. The van der Waals surface area contributed by atoms with Gasteiger partial charge in [-0.2, -0.15) is 5.26 Å². The average molecular weight is 349 g/mol. The molecule has 0 bridgehead atoms. The van der Waals surface area contributed by atoms with Crippen LogP contribution in [0.2, 0.25) is 0 Å². The number of esters is 1. The minimum absolute atomic E-state index is 0.369.